The Bertz CT molecular complexity index is 536. The number of rotatable bonds is 8. The Labute approximate surface area is 136 Å². The van der Waals surface area contributed by atoms with E-state index in [1.165, 1.54) is 0 Å². The van der Waals surface area contributed by atoms with E-state index in [2.05, 4.69) is 10.6 Å². The van der Waals surface area contributed by atoms with Crippen LogP contribution in [0.2, 0.25) is 0 Å². The van der Waals surface area contributed by atoms with Gasteiger partial charge in [0.2, 0.25) is 11.8 Å². The third-order valence-electron chi connectivity index (χ3n) is 3.46. The highest BCUT2D eigenvalue weighted by Gasteiger charge is 2.14. The number of benzene rings is 1. The fourth-order valence-corrected chi connectivity index (χ4v) is 2.08. The van der Waals surface area contributed by atoms with Crippen LogP contribution in [0.4, 0.5) is 5.69 Å². The Morgan fingerprint density at radius 3 is 2.17 bits per heavy atom. The molecule has 1 aromatic carbocycles. The summed E-state index contributed by atoms with van der Waals surface area (Å²) >= 11 is 0. The zero-order chi connectivity index (χ0) is 17.2. The molecule has 6 heteroatoms. The number of hydrogen-bond acceptors (Lipinski definition) is 4. The molecule has 0 spiro atoms. The summed E-state index contributed by atoms with van der Waals surface area (Å²) in [6, 6.07) is 6.40. The summed E-state index contributed by atoms with van der Waals surface area (Å²) in [6.45, 7) is 5.86. The number of amides is 2. The molecule has 6 nitrogen and oxygen atoms in total. The number of hydrogen-bond donors (Lipinski definition) is 2. The molecule has 0 aliphatic rings. The SMILES string of the molecule is CCOC(=O)c1ccc(NC(=O)CNC(=O)C(CC)CC)cc1. The second-order valence-corrected chi connectivity index (χ2v) is 5.08. The summed E-state index contributed by atoms with van der Waals surface area (Å²) in [5.41, 5.74) is 0.978. The van der Waals surface area contributed by atoms with E-state index in [-0.39, 0.29) is 24.3 Å². The predicted octanol–water partition coefficient (Wildman–Crippen LogP) is 2.35. The van der Waals surface area contributed by atoms with Gasteiger partial charge in [0, 0.05) is 11.6 Å². The van der Waals surface area contributed by atoms with Gasteiger partial charge in [0.1, 0.15) is 0 Å². The first-order valence-corrected chi connectivity index (χ1v) is 7.86. The highest BCUT2D eigenvalue weighted by atomic mass is 16.5. The third-order valence-corrected chi connectivity index (χ3v) is 3.46. The minimum Gasteiger partial charge on any atom is -0.462 e. The van der Waals surface area contributed by atoms with Gasteiger partial charge < -0.3 is 15.4 Å². The van der Waals surface area contributed by atoms with E-state index in [4.69, 9.17) is 4.74 Å². The lowest BCUT2D eigenvalue weighted by atomic mass is 10.0. The first-order chi connectivity index (χ1) is 11.0. The van der Waals surface area contributed by atoms with Crippen LogP contribution < -0.4 is 10.6 Å². The molecule has 0 aromatic heterocycles. The van der Waals surface area contributed by atoms with Crippen molar-refractivity contribution in [1.82, 2.24) is 5.32 Å². The molecular formula is C17H24N2O4. The number of carbonyl (C=O) groups is 3. The second kappa shape index (κ2) is 9.61. The van der Waals surface area contributed by atoms with Gasteiger partial charge in [-0.1, -0.05) is 13.8 Å². The molecule has 0 bridgehead atoms. The molecule has 0 heterocycles. The van der Waals surface area contributed by atoms with Crippen molar-refractivity contribution >= 4 is 23.5 Å². The van der Waals surface area contributed by atoms with E-state index in [0.717, 1.165) is 12.8 Å². The fraction of sp³-hybridized carbons (Fsp3) is 0.471. The smallest absolute Gasteiger partial charge is 0.338 e. The summed E-state index contributed by atoms with van der Waals surface area (Å²) in [4.78, 5) is 35.1. The summed E-state index contributed by atoms with van der Waals surface area (Å²) in [6.07, 6.45) is 1.50. The monoisotopic (exact) mass is 320 g/mol. The molecule has 126 valence electrons. The molecule has 23 heavy (non-hydrogen) atoms. The van der Waals surface area contributed by atoms with Gasteiger partial charge in [0.25, 0.3) is 0 Å². The van der Waals surface area contributed by atoms with E-state index in [1.54, 1.807) is 31.2 Å². The van der Waals surface area contributed by atoms with E-state index in [9.17, 15) is 14.4 Å². The maximum absolute atomic E-state index is 11.8. The van der Waals surface area contributed by atoms with Crippen molar-refractivity contribution in [3.8, 4) is 0 Å². The van der Waals surface area contributed by atoms with Gasteiger partial charge in [-0.3, -0.25) is 9.59 Å². The zero-order valence-corrected chi connectivity index (χ0v) is 13.8. The molecular weight excluding hydrogens is 296 g/mol. The lowest BCUT2D eigenvalue weighted by Gasteiger charge is -2.12. The second-order valence-electron chi connectivity index (χ2n) is 5.08. The largest absolute Gasteiger partial charge is 0.462 e. The number of carbonyl (C=O) groups excluding carboxylic acids is 3. The molecule has 0 aliphatic heterocycles. The van der Waals surface area contributed by atoms with Crippen LogP contribution in [-0.4, -0.2) is 30.9 Å². The number of ether oxygens (including phenoxy) is 1. The molecule has 0 atom stereocenters. The minimum absolute atomic E-state index is 0.0633. The summed E-state index contributed by atoms with van der Waals surface area (Å²) in [5, 5.41) is 5.29. The number of esters is 1. The van der Waals surface area contributed by atoms with Gasteiger partial charge in [-0.05, 0) is 44.0 Å². The van der Waals surface area contributed by atoms with E-state index in [1.807, 2.05) is 13.8 Å². The molecule has 0 saturated carbocycles. The zero-order valence-electron chi connectivity index (χ0n) is 13.8. The molecule has 1 rings (SSSR count). The molecule has 0 unspecified atom stereocenters. The topological polar surface area (TPSA) is 84.5 Å². The van der Waals surface area contributed by atoms with Crippen LogP contribution in [0, 0.1) is 5.92 Å². The maximum Gasteiger partial charge on any atom is 0.338 e. The van der Waals surface area contributed by atoms with Gasteiger partial charge in [-0.15, -0.1) is 0 Å². The van der Waals surface area contributed by atoms with Crippen LogP contribution in [0.15, 0.2) is 24.3 Å². The first kappa shape index (κ1) is 18.7. The standard InChI is InChI=1S/C17H24N2O4/c1-4-12(5-2)16(21)18-11-15(20)19-14-9-7-13(8-10-14)17(22)23-6-3/h7-10,12H,4-6,11H2,1-3H3,(H,18,21)(H,19,20). The summed E-state index contributed by atoms with van der Waals surface area (Å²) < 4.78 is 4.88. The van der Waals surface area contributed by atoms with Gasteiger partial charge in [-0.25, -0.2) is 4.79 Å². The van der Waals surface area contributed by atoms with Gasteiger partial charge in [0.05, 0.1) is 18.7 Å². The van der Waals surface area contributed by atoms with Crippen molar-refractivity contribution in [3.63, 3.8) is 0 Å². The van der Waals surface area contributed by atoms with E-state index >= 15 is 0 Å². The van der Waals surface area contributed by atoms with Crippen molar-refractivity contribution in [2.24, 2.45) is 5.92 Å². The fourth-order valence-electron chi connectivity index (χ4n) is 2.08. The van der Waals surface area contributed by atoms with Crippen LogP contribution in [0.25, 0.3) is 0 Å². The van der Waals surface area contributed by atoms with E-state index < -0.39 is 5.97 Å². The Morgan fingerprint density at radius 1 is 1.04 bits per heavy atom. The molecule has 1 aromatic rings. The normalized spacial score (nSPS) is 10.3. The molecule has 0 saturated heterocycles. The van der Waals surface area contributed by atoms with Crippen LogP contribution in [0.3, 0.4) is 0 Å². The quantitative estimate of drug-likeness (QED) is 0.720. The Kier molecular flexibility index (Phi) is 7.80. The minimum atomic E-state index is -0.400. The predicted molar refractivity (Wildman–Crippen MR) is 88.1 cm³/mol. The van der Waals surface area contributed by atoms with Crippen LogP contribution >= 0.6 is 0 Å². The summed E-state index contributed by atoms with van der Waals surface area (Å²) in [7, 11) is 0. The van der Waals surface area contributed by atoms with Gasteiger partial charge >= 0.3 is 5.97 Å². The molecule has 2 amide bonds. The third kappa shape index (κ3) is 6.10. The number of nitrogens with one attached hydrogen (secondary N) is 2. The van der Waals surface area contributed by atoms with Crippen LogP contribution in [0.5, 0.6) is 0 Å². The molecule has 0 radical (unpaired) electrons. The molecule has 0 aliphatic carbocycles. The maximum atomic E-state index is 11.8. The lowest BCUT2D eigenvalue weighted by molar-refractivity contribution is -0.127. The molecule has 2 N–H and O–H groups in total. The average Bonchev–Trinajstić information content (AvgIpc) is 2.55. The van der Waals surface area contributed by atoms with E-state index in [0.29, 0.717) is 17.9 Å². The lowest BCUT2D eigenvalue weighted by Crippen LogP contribution is -2.36. The van der Waals surface area contributed by atoms with Crippen molar-refractivity contribution in [2.45, 2.75) is 33.6 Å². The van der Waals surface area contributed by atoms with Gasteiger partial charge in [-0.2, -0.15) is 0 Å². The van der Waals surface area contributed by atoms with Crippen molar-refractivity contribution in [1.29, 1.82) is 0 Å². The highest BCUT2D eigenvalue weighted by Crippen LogP contribution is 2.11. The van der Waals surface area contributed by atoms with Crippen molar-refractivity contribution in [2.75, 3.05) is 18.5 Å². The number of anilines is 1. The Hall–Kier alpha value is -2.37. The first-order valence-electron chi connectivity index (χ1n) is 7.86. The van der Waals surface area contributed by atoms with Gasteiger partial charge in [0.15, 0.2) is 0 Å². The Morgan fingerprint density at radius 2 is 1.65 bits per heavy atom. The highest BCUT2D eigenvalue weighted by molar-refractivity contribution is 5.95. The van der Waals surface area contributed by atoms with Crippen molar-refractivity contribution in [3.05, 3.63) is 29.8 Å². The molecule has 0 fully saturated rings. The summed E-state index contributed by atoms with van der Waals surface area (Å²) in [5.74, 6) is -0.884. The average molecular weight is 320 g/mol. The van der Waals surface area contributed by atoms with Crippen molar-refractivity contribution < 1.29 is 19.1 Å². The van der Waals surface area contributed by atoms with Crippen LogP contribution in [-0.2, 0) is 14.3 Å². The van der Waals surface area contributed by atoms with Crippen LogP contribution in [0.1, 0.15) is 44.0 Å². The Balaban J connectivity index is 2.48.